The van der Waals surface area contributed by atoms with Crippen LogP contribution in [0.5, 0.6) is 11.5 Å². The molecular weight excluding hydrogens is 466 g/mol. The predicted octanol–water partition coefficient (Wildman–Crippen LogP) is 6.50. The topological polar surface area (TPSA) is 76.1 Å². The van der Waals surface area contributed by atoms with Crippen molar-refractivity contribution in [3.8, 4) is 11.5 Å². The maximum atomic E-state index is 13.5. The molecule has 6 heteroatoms. The number of rotatable bonds is 7. The molecule has 3 aromatic rings. The van der Waals surface area contributed by atoms with Crippen LogP contribution in [-0.2, 0) is 9.59 Å². The van der Waals surface area contributed by atoms with Crippen molar-refractivity contribution in [1.82, 2.24) is 0 Å². The summed E-state index contributed by atoms with van der Waals surface area (Å²) in [5.41, 5.74) is 3.60. The van der Waals surface area contributed by atoms with Crippen molar-refractivity contribution in [2.45, 2.75) is 59.8 Å². The fourth-order valence-corrected chi connectivity index (χ4v) is 4.68. The lowest BCUT2D eigenvalue weighted by molar-refractivity contribution is -0.132. The minimum atomic E-state index is -0.841. The Morgan fingerprint density at radius 2 is 1.38 bits per heavy atom. The van der Waals surface area contributed by atoms with Crippen LogP contribution >= 0.6 is 0 Å². The predicted molar refractivity (Wildman–Crippen MR) is 145 cm³/mol. The van der Waals surface area contributed by atoms with Gasteiger partial charge in [-0.1, -0.05) is 30.3 Å². The van der Waals surface area contributed by atoms with Gasteiger partial charge in [-0.2, -0.15) is 0 Å². The van der Waals surface area contributed by atoms with E-state index in [0.29, 0.717) is 28.3 Å². The van der Waals surface area contributed by atoms with Crippen LogP contribution in [0.1, 0.15) is 56.0 Å². The number of amides is 1. The van der Waals surface area contributed by atoms with E-state index >= 15 is 0 Å². The summed E-state index contributed by atoms with van der Waals surface area (Å²) in [4.78, 5) is 28.5. The van der Waals surface area contributed by atoms with Crippen LogP contribution in [0.2, 0.25) is 0 Å². The van der Waals surface area contributed by atoms with Crippen LogP contribution in [0.25, 0.3) is 5.76 Å². The highest BCUT2D eigenvalue weighted by Gasteiger charge is 2.47. The van der Waals surface area contributed by atoms with Gasteiger partial charge >= 0.3 is 0 Å². The molecule has 1 amide bonds. The standard InChI is InChI=1S/C31H33NO5/c1-18(2)36-25-11-7-9-22(16-25)28-27(29(33)23-10-8-12-26(17-23)37-19(3)4)30(34)31(35)32(28)24-14-20(5)13-21(6)15-24/h7-19,28,33H,1-6H3/b29-27+. The highest BCUT2D eigenvalue weighted by atomic mass is 16.5. The number of anilines is 1. The van der Waals surface area contributed by atoms with E-state index in [9.17, 15) is 14.7 Å². The molecule has 1 fully saturated rings. The van der Waals surface area contributed by atoms with Gasteiger partial charge in [-0.25, -0.2) is 0 Å². The highest BCUT2D eigenvalue weighted by Crippen LogP contribution is 2.43. The Morgan fingerprint density at radius 3 is 1.97 bits per heavy atom. The number of Topliss-reactive ketones (excluding diaryl/α,β-unsaturated/α-hetero) is 1. The molecular formula is C31H33NO5. The van der Waals surface area contributed by atoms with Crippen LogP contribution in [0.15, 0.2) is 72.3 Å². The molecule has 1 unspecified atom stereocenters. The molecule has 1 heterocycles. The molecule has 192 valence electrons. The molecule has 0 aromatic heterocycles. The van der Waals surface area contributed by atoms with Gasteiger partial charge in [0.25, 0.3) is 11.7 Å². The lowest BCUT2D eigenvalue weighted by atomic mass is 9.94. The summed E-state index contributed by atoms with van der Waals surface area (Å²) in [5, 5.41) is 11.5. The molecule has 0 saturated carbocycles. The maximum Gasteiger partial charge on any atom is 0.300 e. The van der Waals surface area contributed by atoms with E-state index in [4.69, 9.17) is 9.47 Å². The van der Waals surface area contributed by atoms with E-state index in [1.54, 1.807) is 24.3 Å². The average Bonchev–Trinajstić information content (AvgIpc) is 3.08. The quantitative estimate of drug-likeness (QED) is 0.228. The molecule has 4 rings (SSSR count). The lowest BCUT2D eigenvalue weighted by Crippen LogP contribution is -2.29. The third-order valence-corrected chi connectivity index (χ3v) is 5.95. The Bertz CT molecular complexity index is 1350. The number of hydrogen-bond acceptors (Lipinski definition) is 5. The van der Waals surface area contributed by atoms with Gasteiger partial charge in [-0.05, 0) is 94.6 Å². The third kappa shape index (κ3) is 5.53. The van der Waals surface area contributed by atoms with Gasteiger partial charge in [0.2, 0.25) is 0 Å². The minimum absolute atomic E-state index is 0.0209. The fourth-order valence-electron chi connectivity index (χ4n) is 4.68. The number of ether oxygens (including phenoxy) is 2. The number of aliphatic hydroxyl groups is 1. The Balaban J connectivity index is 1.93. The molecule has 6 nitrogen and oxygen atoms in total. The summed E-state index contributed by atoms with van der Waals surface area (Å²) in [6.07, 6.45) is -0.110. The van der Waals surface area contributed by atoms with Crippen molar-refractivity contribution in [1.29, 1.82) is 0 Å². The van der Waals surface area contributed by atoms with Gasteiger partial charge in [0, 0.05) is 11.3 Å². The van der Waals surface area contributed by atoms with E-state index in [1.165, 1.54) is 4.90 Å². The van der Waals surface area contributed by atoms with Gasteiger partial charge in [-0.15, -0.1) is 0 Å². The smallest absolute Gasteiger partial charge is 0.300 e. The molecule has 0 bridgehead atoms. The first-order valence-corrected chi connectivity index (χ1v) is 12.5. The largest absolute Gasteiger partial charge is 0.507 e. The molecule has 0 radical (unpaired) electrons. The maximum absolute atomic E-state index is 13.5. The zero-order valence-corrected chi connectivity index (χ0v) is 22.1. The van der Waals surface area contributed by atoms with Crippen LogP contribution in [-0.4, -0.2) is 29.0 Å². The first-order valence-electron chi connectivity index (χ1n) is 12.5. The SMILES string of the molecule is Cc1cc(C)cc(N2C(=O)C(=O)/C(=C(/O)c3cccc(OC(C)C)c3)C2c2cccc(OC(C)C)c2)c1. The number of hydrogen-bond donors (Lipinski definition) is 1. The number of benzene rings is 3. The first kappa shape index (κ1) is 26.0. The van der Waals surface area contributed by atoms with Gasteiger partial charge in [0.15, 0.2) is 0 Å². The molecule has 3 aromatic carbocycles. The van der Waals surface area contributed by atoms with Crippen molar-refractivity contribution in [2.24, 2.45) is 0 Å². The van der Waals surface area contributed by atoms with Crippen LogP contribution in [0, 0.1) is 13.8 Å². The Hall–Kier alpha value is -4.06. The highest BCUT2D eigenvalue weighted by molar-refractivity contribution is 6.51. The van der Waals surface area contributed by atoms with Gasteiger partial charge in [0.1, 0.15) is 17.3 Å². The molecule has 37 heavy (non-hydrogen) atoms. The van der Waals surface area contributed by atoms with Crippen molar-refractivity contribution in [3.05, 3.63) is 94.6 Å². The summed E-state index contributed by atoms with van der Waals surface area (Å²) in [5.74, 6) is -0.509. The van der Waals surface area contributed by atoms with Gasteiger partial charge in [-0.3, -0.25) is 14.5 Å². The molecule has 1 saturated heterocycles. The molecule has 0 spiro atoms. The minimum Gasteiger partial charge on any atom is -0.507 e. The number of carbonyl (C=O) groups is 2. The van der Waals surface area contributed by atoms with E-state index in [0.717, 1.165) is 11.1 Å². The summed E-state index contributed by atoms with van der Waals surface area (Å²) in [6, 6.07) is 19.1. The number of nitrogens with zero attached hydrogens (tertiary/aromatic N) is 1. The van der Waals surface area contributed by atoms with E-state index < -0.39 is 17.7 Å². The average molecular weight is 500 g/mol. The third-order valence-electron chi connectivity index (χ3n) is 5.95. The zero-order valence-electron chi connectivity index (χ0n) is 22.1. The van der Waals surface area contributed by atoms with Crippen LogP contribution < -0.4 is 14.4 Å². The van der Waals surface area contributed by atoms with E-state index in [-0.39, 0.29) is 23.5 Å². The van der Waals surface area contributed by atoms with Crippen molar-refractivity contribution in [3.63, 3.8) is 0 Å². The van der Waals surface area contributed by atoms with Crippen molar-refractivity contribution in [2.75, 3.05) is 4.90 Å². The molecule has 1 aliphatic rings. The molecule has 1 aliphatic heterocycles. The summed E-state index contributed by atoms with van der Waals surface area (Å²) in [6.45, 7) is 11.6. The number of aryl methyl sites for hydroxylation is 2. The fraction of sp³-hybridized carbons (Fsp3) is 0.290. The number of ketones is 1. The summed E-state index contributed by atoms with van der Waals surface area (Å²) < 4.78 is 11.7. The second-order valence-corrected chi connectivity index (χ2v) is 9.95. The zero-order chi connectivity index (χ0) is 26.9. The normalized spacial score (nSPS) is 17.1. The molecule has 0 aliphatic carbocycles. The Labute approximate surface area is 218 Å². The van der Waals surface area contributed by atoms with Crippen LogP contribution in [0.4, 0.5) is 5.69 Å². The van der Waals surface area contributed by atoms with Crippen LogP contribution in [0.3, 0.4) is 0 Å². The number of carbonyl (C=O) groups excluding carboxylic acids is 2. The Morgan fingerprint density at radius 1 is 0.811 bits per heavy atom. The monoisotopic (exact) mass is 499 g/mol. The molecule has 1 N–H and O–H groups in total. The summed E-state index contributed by atoms with van der Waals surface area (Å²) in [7, 11) is 0. The van der Waals surface area contributed by atoms with Crippen molar-refractivity contribution >= 4 is 23.1 Å². The first-order chi connectivity index (χ1) is 17.5. The number of aliphatic hydroxyl groups excluding tert-OH is 1. The Kier molecular flexibility index (Phi) is 7.39. The van der Waals surface area contributed by atoms with E-state index in [1.807, 2.05) is 84.0 Å². The second kappa shape index (κ2) is 10.5. The lowest BCUT2D eigenvalue weighted by Gasteiger charge is -2.26. The van der Waals surface area contributed by atoms with Gasteiger partial charge < -0.3 is 14.6 Å². The summed E-state index contributed by atoms with van der Waals surface area (Å²) >= 11 is 0. The van der Waals surface area contributed by atoms with Gasteiger partial charge in [0.05, 0.1) is 23.8 Å². The van der Waals surface area contributed by atoms with Crippen molar-refractivity contribution < 1.29 is 24.2 Å². The van der Waals surface area contributed by atoms with E-state index in [2.05, 4.69) is 0 Å². The molecule has 1 atom stereocenters. The second-order valence-electron chi connectivity index (χ2n) is 9.95.